The molecule has 1 aliphatic heterocycles. The first-order valence-corrected chi connectivity index (χ1v) is 10.5. The summed E-state index contributed by atoms with van der Waals surface area (Å²) in [4.78, 5) is 25.0. The van der Waals surface area contributed by atoms with E-state index in [9.17, 15) is 26.8 Å². The Morgan fingerprint density at radius 1 is 1.10 bits per heavy atom. The summed E-state index contributed by atoms with van der Waals surface area (Å²) in [5, 5.41) is 2.49. The molecule has 0 saturated carbocycles. The van der Waals surface area contributed by atoms with E-state index in [-0.39, 0.29) is 49.9 Å². The summed E-state index contributed by atoms with van der Waals surface area (Å²) in [5.41, 5.74) is -0.636. The highest BCUT2D eigenvalue weighted by molar-refractivity contribution is 7.89. The Balaban J connectivity index is 1.84. The molecule has 1 fully saturated rings. The van der Waals surface area contributed by atoms with Crippen molar-refractivity contribution in [1.82, 2.24) is 14.5 Å². The maximum Gasteiger partial charge on any atom is 0.407 e. The quantitative estimate of drug-likeness (QED) is 0.763. The van der Waals surface area contributed by atoms with Crippen molar-refractivity contribution in [2.24, 2.45) is 0 Å². The number of nitrogens with one attached hydrogen (secondary N) is 1. The number of piperazine rings is 1. The van der Waals surface area contributed by atoms with Gasteiger partial charge in [-0.2, -0.15) is 4.31 Å². The molecule has 2 rings (SSSR count). The van der Waals surface area contributed by atoms with Crippen LogP contribution in [0.3, 0.4) is 0 Å². The van der Waals surface area contributed by atoms with E-state index in [0.29, 0.717) is 6.07 Å². The van der Waals surface area contributed by atoms with E-state index in [4.69, 9.17) is 4.74 Å². The van der Waals surface area contributed by atoms with Gasteiger partial charge in [-0.1, -0.05) is 0 Å². The van der Waals surface area contributed by atoms with Crippen LogP contribution in [0.1, 0.15) is 27.2 Å². The highest BCUT2D eigenvalue weighted by atomic mass is 32.2. The number of rotatable bonds is 5. The van der Waals surface area contributed by atoms with Crippen LogP contribution >= 0.6 is 0 Å². The number of carbonyl (C=O) groups is 2. The molecule has 0 radical (unpaired) electrons. The summed E-state index contributed by atoms with van der Waals surface area (Å²) >= 11 is 0. The first-order valence-electron chi connectivity index (χ1n) is 9.10. The van der Waals surface area contributed by atoms with Gasteiger partial charge in [0.25, 0.3) is 0 Å². The van der Waals surface area contributed by atoms with Gasteiger partial charge in [0.1, 0.15) is 5.60 Å². The minimum Gasteiger partial charge on any atom is -0.444 e. The van der Waals surface area contributed by atoms with Gasteiger partial charge in [-0.15, -0.1) is 0 Å². The lowest BCUT2D eigenvalue weighted by Crippen LogP contribution is -2.50. The van der Waals surface area contributed by atoms with Gasteiger partial charge < -0.3 is 15.0 Å². The molecule has 0 spiro atoms. The first kappa shape index (κ1) is 23.0. The minimum atomic E-state index is -3.98. The van der Waals surface area contributed by atoms with Crippen LogP contribution in [0.15, 0.2) is 23.1 Å². The number of hydrogen-bond acceptors (Lipinski definition) is 5. The average Bonchev–Trinajstić information content (AvgIpc) is 2.62. The van der Waals surface area contributed by atoms with Gasteiger partial charge in [0.05, 0.1) is 4.90 Å². The van der Waals surface area contributed by atoms with Crippen molar-refractivity contribution in [2.45, 2.75) is 37.7 Å². The molecular formula is C18H25F2N3O5S. The smallest absolute Gasteiger partial charge is 0.407 e. The number of ether oxygens (including phenoxy) is 1. The summed E-state index contributed by atoms with van der Waals surface area (Å²) in [6.07, 6.45) is -0.567. The third-order valence-electron chi connectivity index (χ3n) is 4.13. The number of alkyl carbamates (subject to hydrolysis) is 1. The second-order valence-electron chi connectivity index (χ2n) is 7.54. The van der Waals surface area contributed by atoms with Crippen molar-refractivity contribution in [3.63, 3.8) is 0 Å². The molecule has 1 aromatic rings. The van der Waals surface area contributed by atoms with Crippen molar-refractivity contribution in [1.29, 1.82) is 0 Å². The average molecular weight is 433 g/mol. The van der Waals surface area contributed by atoms with E-state index in [2.05, 4.69) is 5.32 Å². The van der Waals surface area contributed by atoms with Crippen LogP contribution in [0.4, 0.5) is 13.6 Å². The van der Waals surface area contributed by atoms with Gasteiger partial charge >= 0.3 is 6.09 Å². The van der Waals surface area contributed by atoms with Gasteiger partial charge in [0.15, 0.2) is 11.6 Å². The third-order valence-corrected chi connectivity index (χ3v) is 6.02. The van der Waals surface area contributed by atoms with Crippen LogP contribution in [-0.4, -0.2) is 67.9 Å². The predicted molar refractivity (Wildman–Crippen MR) is 101 cm³/mol. The highest BCUT2D eigenvalue weighted by Crippen LogP contribution is 2.20. The Bertz CT molecular complexity index is 863. The largest absolute Gasteiger partial charge is 0.444 e. The van der Waals surface area contributed by atoms with Crippen molar-refractivity contribution < 1.29 is 31.5 Å². The first-order chi connectivity index (χ1) is 13.4. The topological polar surface area (TPSA) is 96.0 Å². The fraction of sp³-hybridized carbons (Fsp3) is 0.556. The van der Waals surface area contributed by atoms with Crippen molar-refractivity contribution in [3.05, 3.63) is 29.8 Å². The molecule has 29 heavy (non-hydrogen) atoms. The van der Waals surface area contributed by atoms with E-state index in [1.54, 1.807) is 20.8 Å². The molecule has 8 nitrogen and oxygen atoms in total. The third kappa shape index (κ3) is 6.36. The molecule has 1 saturated heterocycles. The van der Waals surface area contributed by atoms with Gasteiger partial charge in [0, 0.05) is 39.1 Å². The number of halogens is 2. The molecule has 0 atom stereocenters. The SMILES string of the molecule is CC(C)(C)OC(=O)NCCC(=O)N1CCN(S(=O)(=O)c2ccc(F)c(F)c2)CC1. The van der Waals surface area contributed by atoms with Crippen LogP contribution in [-0.2, 0) is 19.6 Å². The second kappa shape index (κ2) is 9.04. The lowest BCUT2D eigenvalue weighted by molar-refractivity contribution is -0.132. The van der Waals surface area contributed by atoms with Gasteiger partial charge in [-0.25, -0.2) is 22.0 Å². The second-order valence-corrected chi connectivity index (χ2v) is 9.48. The van der Waals surface area contributed by atoms with Gasteiger partial charge in [-0.05, 0) is 39.0 Å². The molecule has 0 aliphatic carbocycles. The van der Waals surface area contributed by atoms with Gasteiger partial charge in [-0.3, -0.25) is 4.79 Å². The van der Waals surface area contributed by atoms with Crippen LogP contribution in [0.25, 0.3) is 0 Å². The summed E-state index contributed by atoms with van der Waals surface area (Å²) < 4.78 is 57.7. The Hall–Kier alpha value is -2.27. The molecule has 0 unspecified atom stereocenters. The Labute approximate surface area is 168 Å². The Morgan fingerprint density at radius 3 is 2.28 bits per heavy atom. The fourth-order valence-corrected chi connectivity index (χ4v) is 4.14. The van der Waals surface area contributed by atoms with E-state index in [1.165, 1.54) is 4.90 Å². The molecule has 0 bridgehead atoms. The lowest BCUT2D eigenvalue weighted by atomic mass is 10.2. The number of carbonyl (C=O) groups excluding carboxylic acids is 2. The normalized spacial score (nSPS) is 15.8. The molecule has 1 heterocycles. The van der Waals surface area contributed by atoms with Crippen molar-refractivity contribution >= 4 is 22.0 Å². The van der Waals surface area contributed by atoms with E-state index >= 15 is 0 Å². The molecule has 162 valence electrons. The number of nitrogens with zero attached hydrogens (tertiary/aromatic N) is 2. The van der Waals surface area contributed by atoms with Crippen LogP contribution < -0.4 is 5.32 Å². The molecule has 1 aliphatic rings. The molecular weight excluding hydrogens is 408 g/mol. The van der Waals surface area contributed by atoms with Crippen molar-refractivity contribution in [2.75, 3.05) is 32.7 Å². The number of benzene rings is 1. The van der Waals surface area contributed by atoms with Crippen LogP contribution in [0, 0.1) is 11.6 Å². The zero-order valence-corrected chi connectivity index (χ0v) is 17.4. The summed E-state index contributed by atoms with van der Waals surface area (Å²) in [7, 11) is -3.98. The molecule has 1 aromatic carbocycles. The maximum atomic E-state index is 13.4. The summed E-state index contributed by atoms with van der Waals surface area (Å²) in [6, 6.07) is 2.41. The fourth-order valence-electron chi connectivity index (χ4n) is 2.71. The zero-order chi connectivity index (χ0) is 21.8. The monoisotopic (exact) mass is 433 g/mol. The molecule has 11 heteroatoms. The Morgan fingerprint density at radius 2 is 1.72 bits per heavy atom. The zero-order valence-electron chi connectivity index (χ0n) is 16.6. The minimum absolute atomic E-state index is 0.0343. The molecule has 0 aromatic heterocycles. The van der Waals surface area contributed by atoms with E-state index in [0.717, 1.165) is 16.4 Å². The number of hydrogen-bond donors (Lipinski definition) is 1. The number of amides is 2. The van der Waals surface area contributed by atoms with E-state index < -0.39 is 33.4 Å². The number of sulfonamides is 1. The van der Waals surface area contributed by atoms with Crippen LogP contribution in [0.5, 0.6) is 0 Å². The van der Waals surface area contributed by atoms with Crippen molar-refractivity contribution in [3.8, 4) is 0 Å². The Kier molecular flexibility index (Phi) is 7.17. The predicted octanol–water partition coefficient (Wildman–Crippen LogP) is 1.71. The maximum absolute atomic E-state index is 13.4. The standard InChI is InChI=1S/C18H25F2N3O5S/c1-18(2,3)28-17(25)21-7-6-16(24)22-8-10-23(11-9-22)29(26,27)13-4-5-14(19)15(20)12-13/h4-5,12H,6-11H2,1-3H3,(H,21,25). The summed E-state index contributed by atoms with van der Waals surface area (Å²) in [5.74, 6) is -2.59. The lowest BCUT2D eigenvalue weighted by Gasteiger charge is -2.34. The highest BCUT2D eigenvalue weighted by Gasteiger charge is 2.30. The van der Waals surface area contributed by atoms with Gasteiger partial charge in [0.2, 0.25) is 15.9 Å². The molecule has 1 N–H and O–H groups in total. The van der Waals surface area contributed by atoms with Crippen LogP contribution in [0.2, 0.25) is 0 Å². The summed E-state index contributed by atoms with van der Waals surface area (Å²) in [6.45, 7) is 5.67. The van der Waals surface area contributed by atoms with E-state index in [1.807, 2.05) is 0 Å². The molecule has 2 amide bonds.